The van der Waals surface area contributed by atoms with Gasteiger partial charge in [0, 0.05) is 29.9 Å². The van der Waals surface area contributed by atoms with E-state index in [-0.39, 0.29) is 33.9 Å². The molecule has 1 atom stereocenters. The predicted octanol–water partition coefficient (Wildman–Crippen LogP) is 8.73. The summed E-state index contributed by atoms with van der Waals surface area (Å²) in [4.78, 5) is 15.0. The fraction of sp³-hybridized carbons (Fsp3) is 0.429. The van der Waals surface area contributed by atoms with Crippen molar-refractivity contribution < 1.29 is 31.0 Å². The SMILES string of the molecule is COc1ccc2cc(C(C)C(=O)[N+]3[CH][CH][CH][C]3CO[Si](C)(C)C(C)(C)C)ccc2c1.C[C]1[C](C)[C](C)[C](C)[C]1C.[Fe]. The van der Waals surface area contributed by atoms with Gasteiger partial charge in [-0.3, -0.25) is 0 Å². The third-order valence-corrected chi connectivity index (χ3v) is 13.7. The maximum absolute atomic E-state index is 13.3. The number of hydrogen-bond donors (Lipinski definition) is 0. The summed E-state index contributed by atoms with van der Waals surface area (Å²) in [6, 6.07) is 13.1. The zero-order valence-electron chi connectivity index (χ0n) is 27.0. The minimum absolute atomic E-state index is 0. The first kappa shape index (κ1) is 36.0. The van der Waals surface area contributed by atoms with Gasteiger partial charge in [-0.25, -0.2) is 4.79 Å². The van der Waals surface area contributed by atoms with Crippen LogP contribution in [0, 0.1) is 55.0 Å². The van der Waals surface area contributed by atoms with E-state index in [4.69, 9.17) is 9.16 Å². The molecular weight excluding hydrogens is 566 g/mol. The van der Waals surface area contributed by atoms with Crippen molar-refractivity contribution >= 4 is 25.0 Å². The molecule has 1 saturated carbocycles. The van der Waals surface area contributed by atoms with E-state index >= 15 is 0 Å². The third-order valence-electron chi connectivity index (χ3n) is 9.21. The number of fused-ring (bicyclic) bond motifs is 1. The Morgan fingerprint density at radius 3 is 1.90 bits per heavy atom. The number of benzene rings is 2. The molecule has 2 aliphatic rings. The van der Waals surface area contributed by atoms with Gasteiger partial charge in [0.25, 0.3) is 0 Å². The van der Waals surface area contributed by atoms with Crippen LogP contribution in [0.4, 0.5) is 0 Å². The van der Waals surface area contributed by atoms with Crippen molar-refractivity contribution in [2.24, 2.45) is 0 Å². The first-order chi connectivity index (χ1) is 18.6. The molecule has 0 N–H and O–H groups in total. The summed E-state index contributed by atoms with van der Waals surface area (Å²) in [6.45, 7) is 26.4. The summed E-state index contributed by atoms with van der Waals surface area (Å²) >= 11 is 0. The van der Waals surface area contributed by atoms with E-state index < -0.39 is 8.32 Å². The van der Waals surface area contributed by atoms with Crippen LogP contribution >= 0.6 is 0 Å². The number of nitrogens with zero attached hydrogens (tertiary/aromatic N) is 1. The van der Waals surface area contributed by atoms with Crippen LogP contribution in [0.25, 0.3) is 10.8 Å². The van der Waals surface area contributed by atoms with Crippen molar-refractivity contribution in [3.8, 4) is 5.75 Å². The number of rotatable bonds is 6. The van der Waals surface area contributed by atoms with Crippen LogP contribution in [0.3, 0.4) is 0 Å². The van der Waals surface area contributed by atoms with Crippen LogP contribution < -0.4 is 9.64 Å². The Bertz CT molecular complexity index is 1100. The van der Waals surface area contributed by atoms with E-state index in [2.05, 4.69) is 74.6 Å². The van der Waals surface area contributed by atoms with Gasteiger partial charge in [0.15, 0.2) is 8.32 Å². The van der Waals surface area contributed by atoms with E-state index in [1.807, 2.05) is 56.6 Å². The van der Waals surface area contributed by atoms with Gasteiger partial charge in [-0.05, 0) is 83.1 Å². The summed E-state index contributed by atoms with van der Waals surface area (Å²) in [5, 5.41) is 2.33. The molecule has 6 heteroatoms. The largest absolute Gasteiger partial charge is 0.497 e. The Hall–Kier alpha value is -1.17. The minimum Gasteiger partial charge on any atom is -0.497 e. The van der Waals surface area contributed by atoms with Crippen LogP contribution in [0.15, 0.2) is 36.4 Å². The molecule has 2 fully saturated rings. The topological polar surface area (TPSA) is 41.4 Å². The zero-order valence-corrected chi connectivity index (χ0v) is 29.1. The fourth-order valence-electron chi connectivity index (χ4n) is 4.62. The van der Waals surface area contributed by atoms with E-state index in [0.29, 0.717) is 6.61 Å². The Balaban J connectivity index is 0.000000452. The molecule has 1 heterocycles. The molecule has 0 aromatic heterocycles. The Morgan fingerprint density at radius 1 is 0.878 bits per heavy atom. The number of hydrogen-bond acceptors (Lipinski definition) is 3. The monoisotopic (exact) mass is 614 g/mol. The molecule has 41 heavy (non-hydrogen) atoms. The van der Waals surface area contributed by atoms with Crippen LogP contribution in [-0.4, -0.2) is 27.9 Å². The van der Waals surface area contributed by atoms with Crippen LogP contribution in [0.5, 0.6) is 5.75 Å². The van der Waals surface area contributed by atoms with Crippen molar-refractivity contribution in [2.45, 2.75) is 86.4 Å². The molecule has 4 rings (SSSR count). The summed E-state index contributed by atoms with van der Waals surface area (Å²) in [6.07, 6.45) is 3.89. The van der Waals surface area contributed by atoms with Crippen molar-refractivity contribution in [1.82, 2.24) is 4.90 Å². The van der Waals surface area contributed by atoms with Gasteiger partial charge in [-0.1, -0.05) is 84.6 Å². The summed E-state index contributed by atoms with van der Waals surface area (Å²) in [5.74, 6) is 7.97. The van der Waals surface area contributed by atoms with E-state index in [0.717, 1.165) is 28.1 Å². The van der Waals surface area contributed by atoms with Gasteiger partial charge in [-0.2, -0.15) is 0 Å². The minimum atomic E-state index is -1.88. The van der Waals surface area contributed by atoms with Gasteiger partial charge in [-0.15, -0.1) is 0 Å². The predicted molar refractivity (Wildman–Crippen MR) is 170 cm³/mol. The maximum atomic E-state index is 13.3. The Kier molecular flexibility index (Phi) is 12.8. The second-order valence-electron chi connectivity index (χ2n) is 12.6. The number of likely N-dealkylation sites (tertiary alicyclic amines) is 1. The first-order valence-corrected chi connectivity index (χ1v) is 17.1. The van der Waals surface area contributed by atoms with E-state index in [1.165, 1.54) is 29.6 Å². The first-order valence-electron chi connectivity index (χ1n) is 14.2. The molecule has 222 valence electrons. The molecule has 1 amide bonds. The molecular formula is C35H48FeNO3Si+. The second-order valence-corrected chi connectivity index (χ2v) is 17.4. The van der Waals surface area contributed by atoms with E-state index in [1.54, 1.807) is 12.0 Å². The fourth-order valence-corrected chi connectivity index (χ4v) is 5.56. The second kappa shape index (κ2) is 14.5. The van der Waals surface area contributed by atoms with Crippen molar-refractivity contribution in [1.29, 1.82) is 0 Å². The Morgan fingerprint density at radius 2 is 1.39 bits per heavy atom. The number of carbonyl (C=O) groups is 1. The molecule has 1 saturated heterocycles. The van der Waals surface area contributed by atoms with Gasteiger partial charge in [0.1, 0.15) is 18.3 Å². The van der Waals surface area contributed by atoms with Crippen LogP contribution in [-0.2, 0) is 26.3 Å². The molecule has 1 aliphatic heterocycles. The number of carbonyl (C=O) groups excluding carboxylic acids is 1. The van der Waals surface area contributed by atoms with Crippen molar-refractivity contribution in [2.75, 3.05) is 13.7 Å². The standard InChI is InChI=1S/C25H33NO3Si.C10H15.Fe/c1-18(19-10-11-21-16-23(28-5)13-12-20(21)15-19)24(27)26-14-8-9-22(26)17-29-30(6,7)25(2,3)4;1-6-7(2)9(4)10(5)8(6)3;/h8-16,18H,17H2,1-7H3;1-5H3;/q+1;;. The summed E-state index contributed by atoms with van der Waals surface area (Å²) in [7, 11) is -0.217. The number of ether oxygens (including phenoxy) is 1. The zero-order chi connectivity index (χ0) is 30.0. The van der Waals surface area contributed by atoms with Gasteiger partial charge >= 0.3 is 5.91 Å². The van der Waals surface area contributed by atoms with Gasteiger partial charge in [0.2, 0.25) is 12.6 Å². The average molecular weight is 615 g/mol. The number of amides is 1. The number of methoxy groups -OCH3 is 1. The Labute approximate surface area is 262 Å². The van der Waals surface area contributed by atoms with E-state index in [9.17, 15) is 4.79 Å². The molecule has 4 nitrogen and oxygen atoms in total. The molecule has 2 aromatic carbocycles. The molecule has 0 spiro atoms. The van der Waals surface area contributed by atoms with Crippen molar-refractivity contribution in [3.05, 3.63) is 97.0 Å². The maximum Gasteiger partial charge on any atom is 0.369 e. The normalized spacial score (nSPS) is 19.7. The van der Waals surface area contributed by atoms with Gasteiger partial charge < -0.3 is 9.16 Å². The molecule has 2 aromatic rings. The van der Waals surface area contributed by atoms with Crippen LogP contribution in [0.1, 0.15) is 73.8 Å². The quantitative estimate of drug-likeness (QED) is 0.241. The summed E-state index contributed by atoms with van der Waals surface area (Å²) in [5.41, 5.74) is 1.00. The van der Waals surface area contributed by atoms with Gasteiger partial charge in [0.05, 0.1) is 7.11 Å². The third kappa shape index (κ3) is 8.26. The van der Waals surface area contributed by atoms with Crippen LogP contribution in [0.2, 0.25) is 18.1 Å². The average Bonchev–Trinajstić information content (AvgIpc) is 3.46. The smallest absolute Gasteiger partial charge is 0.369 e. The van der Waals surface area contributed by atoms with Crippen molar-refractivity contribution in [3.63, 3.8) is 0 Å². The molecule has 0 bridgehead atoms. The molecule has 1 aliphatic carbocycles. The molecule has 10 radical (unpaired) electrons. The summed E-state index contributed by atoms with van der Waals surface area (Å²) < 4.78 is 11.6. The molecule has 1 unspecified atom stereocenters.